The molecule has 1 N–H and O–H groups in total. The number of aryl methyl sites for hydroxylation is 1. The van der Waals surface area contributed by atoms with Crippen LogP contribution in [0, 0.1) is 6.92 Å². The number of hydrogen-bond acceptors (Lipinski definition) is 5. The van der Waals surface area contributed by atoms with E-state index in [9.17, 15) is 0 Å². The average Bonchev–Trinajstić information content (AvgIpc) is 2.83. The summed E-state index contributed by atoms with van der Waals surface area (Å²) in [4.78, 5) is 15.9. The van der Waals surface area contributed by atoms with Crippen molar-refractivity contribution >= 4 is 11.8 Å². The zero-order valence-electron chi connectivity index (χ0n) is 13.1. The molecule has 0 atom stereocenters. The second-order valence-electron chi connectivity index (χ2n) is 5.77. The molecular formula is C17H23N5. The molecule has 3 rings (SSSR count). The number of nitrogens with one attached hydrogen (secondary N) is 1. The van der Waals surface area contributed by atoms with Crippen molar-refractivity contribution in [2.75, 3.05) is 23.3 Å². The molecule has 0 spiro atoms. The van der Waals surface area contributed by atoms with Gasteiger partial charge in [-0.15, -0.1) is 0 Å². The molecule has 116 valence electrons. The van der Waals surface area contributed by atoms with Crippen molar-refractivity contribution in [2.45, 2.75) is 39.2 Å². The minimum absolute atomic E-state index is 0.677. The Bertz CT molecular complexity index is 591. The third-order valence-corrected chi connectivity index (χ3v) is 3.91. The van der Waals surface area contributed by atoms with Gasteiger partial charge in [-0.3, -0.25) is 4.98 Å². The zero-order chi connectivity index (χ0) is 15.2. The lowest BCUT2D eigenvalue weighted by molar-refractivity contribution is 0.726. The molecule has 0 unspecified atom stereocenters. The summed E-state index contributed by atoms with van der Waals surface area (Å²) in [5, 5.41) is 3.36. The molecule has 0 saturated carbocycles. The second kappa shape index (κ2) is 7.20. The first-order chi connectivity index (χ1) is 10.8. The van der Waals surface area contributed by atoms with Gasteiger partial charge in [0.2, 0.25) is 5.95 Å². The van der Waals surface area contributed by atoms with Crippen LogP contribution in [0.5, 0.6) is 0 Å². The molecule has 2 aromatic heterocycles. The molecule has 1 saturated heterocycles. The van der Waals surface area contributed by atoms with Crippen LogP contribution in [0.2, 0.25) is 0 Å². The van der Waals surface area contributed by atoms with Crippen LogP contribution in [0.3, 0.4) is 0 Å². The minimum Gasteiger partial charge on any atom is -0.364 e. The fourth-order valence-corrected chi connectivity index (χ4v) is 2.74. The standard InChI is InChI=1S/C17H23N5/c1-14-12-16(19-13-15-8-4-5-9-18-15)21-17(20-14)22-10-6-2-3-7-11-22/h4-5,8-9,12H,2-3,6-7,10-11,13H2,1H3,(H,19,20,21). The van der Waals surface area contributed by atoms with Crippen LogP contribution in [-0.4, -0.2) is 28.0 Å². The van der Waals surface area contributed by atoms with Gasteiger partial charge < -0.3 is 10.2 Å². The van der Waals surface area contributed by atoms with Crippen molar-refractivity contribution in [3.63, 3.8) is 0 Å². The molecule has 1 fully saturated rings. The number of rotatable bonds is 4. The molecule has 1 aliphatic heterocycles. The summed E-state index contributed by atoms with van der Waals surface area (Å²) in [6.45, 7) is 4.82. The Hall–Kier alpha value is -2.17. The van der Waals surface area contributed by atoms with E-state index in [0.717, 1.165) is 36.2 Å². The van der Waals surface area contributed by atoms with Crippen molar-refractivity contribution < 1.29 is 0 Å². The van der Waals surface area contributed by atoms with Gasteiger partial charge in [0.1, 0.15) is 5.82 Å². The number of hydrogen-bond donors (Lipinski definition) is 1. The van der Waals surface area contributed by atoms with E-state index in [1.54, 1.807) is 0 Å². The molecule has 0 aromatic carbocycles. The summed E-state index contributed by atoms with van der Waals surface area (Å²) >= 11 is 0. The molecule has 0 amide bonds. The zero-order valence-corrected chi connectivity index (χ0v) is 13.1. The van der Waals surface area contributed by atoms with E-state index in [-0.39, 0.29) is 0 Å². The Kier molecular flexibility index (Phi) is 4.83. The molecule has 5 nitrogen and oxygen atoms in total. The molecule has 22 heavy (non-hydrogen) atoms. The predicted molar refractivity (Wildman–Crippen MR) is 89.0 cm³/mol. The van der Waals surface area contributed by atoms with Crippen molar-refractivity contribution in [3.8, 4) is 0 Å². The summed E-state index contributed by atoms with van der Waals surface area (Å²) in [5.41, 5.74) is 2.01. The first-order valence-corrected chi connectivity index (χ1v) is 8.06. The quantitative estimate of drug-likeness (QED) is 0.939. The van der Waals surface area contributed by atoms with E-state index in [4.69, 9.17) is 0 Å². The topological polar surface area (TPSA) is 53.9 Å². The van der Waals surface area contributed by atoms with Crippen LogP contribution in [0.15, 0.2) is 30.5 Å². The van der Waals surface area contributed by atoms with Gasteiger partial charge in [0.25, 0.3) is 0 Å². The maximum Gasteiger partial charge on any atom is 0.227 e. The molecule has 5 heteroatoms. The first kappa shape index (κ1) is 14.8. The van der Waals surface area contributed by atoms with Crippen LogP contribution < -0.4 is 10.2 Å². The Morgan fingerprint density at radius 3 is 2.64 bits per heavy atom. The average molecular weight is 297 g/mol. The monoisotopic (exact) mass is 297 g/mol. The summed E-state index contributed by atoms with van der Waals surface area (Å²) in [6, 6.07) is 7.93. The van der Waals surface area contributed by atoms with Gasteiger partial charge in [0.05, 0.1) is 12.2 Å². The van der Waals surface area contributed by atoms with Gasteiger partial charge in [0, 0.05) is 31.0 Å². The Balaban J connectivity index is 1.71. The third kappa shape index (κ3) is 3.93. The van der Waals surface area contributed by atoms with Gasteiger partial charge in [-0.1, -0.05) is 18.9 Å². The van der Waals surface area contributed by atoms with E-state index in [0.29, 0.717) is 6.54 Å². The summed E-state index contributed by atoms with van der Waals surface area (Å²) in [6.07, 6.45) is 6.90. The van der Waals surface area contributed by atoms with Gasteiger partial charge in [-0.2, -0.15) is 4.98 Å². The fourth-order valence-electron chi connectivity index (χ4n) is 2.74. The molecular weight excluding hydrogens is 274 g/mol. The molecule has 2 aromatic rings. The largest absolute Gasteiger partial charge is 0.364 e. The van der Waals surface area contributed by atoms with Crippen molar-refractivity contribution in [1.29, 1.82) is 0 Å². The predicted octanol–water partition coefficient (Wildman–Crippen LogP) is 3.17. The highest BCUT2D eigenvalue weighted by atomic mass is 15.3. The van der Waals surface area contributed by atoms with Crippen LogP contribution in [-0.2, 0) is 6.54 Å². The van der Waals surface area contributed by atoms with E-state index < -0.39 is 0 Å². The maximum atomic E-state index is 4.69. The SMILES string of the molecule is Cc1cc(NCc2ccccn2)nc(N2CCCCCC2)n1. The van der Waals surface area contributed by atoms with E-state index >= 15 is 0 Å². The third-order valence-electron chi connectivity index (χ3n) is 3.91. The lowest BCUT2D eigenvalue weighted by Gasteiger charge is -2.21. The first-order valence-electron chi connectivity index (χ1n) is 8.06. The Labute approximate surface area is 131 Å². The number of nitrogens with zero attached hydrogens (tertiary/aromatic N) is 4. The fraction of sp³-hybridized carbons (Fsp3) is 0.471. The Morgan fingerprint density at radius 2 is 1.91 bits per heavy atom. The normalized spacial score (nSPS) is 15.4. The van der Waals surface area contributed by atoms with Crippen LogP contribution in [0.25, 0.3) is 0 Å². The number of aromatic nitrogens is 3. The van der Waals surface area contributed by atoms with Gasteiger partial charge >= 0.3 is 0 Å². The van der Waals surface area contributed by atoms with E-state index in [2.05, 4.69) is 25.2 Å². The Morgan fingerprint density at radius 1 is 1.09 bits per heavy atom. The van der Waals surface area contributed by atoms with Crippen molar-refractivity contribution in [3.05, 3.63) is 41.9 Å². The van der Waals surface area contributed by atoms with Crippen molar-refractivity contribution in [2.24, 2.45) is 0 Å². The molecule has 1 aliphatic rings. The number of pyridine rings is 1. The van der Waals surface area contributed by atoms with Crippen LogP contribution in [0.1, 0.15) is 37.1 Å². The van der Waals surface area contributed by atoms with Gasteiger partial charge in [-0.05, 0) is 31.9 Å². The van der Waals surface area contributed by atoms with Gasteiger partial charge in [0.15, 0.2) is 0 Å². The molecule has 0 radical (unpaired) electrons. The summed E-state index contributed by atoms with van der Waals surface area (Å²) < 4.78 is 0. The van der Waals surface area contributed by atoms with Crippen molar-refractivity contribution in [1.82, 2.24) is 15.0 Å². The highest BCUT2D eigenvalue weighted by Crippen LogP contribution is 2.18. The molecule has 0 bridgehead atoms. The lowest BCUT2D eigenvalue weighted by atomic mass is 10.2. The second-order valence-corrected chi connectivity index (χ2v) is 5.77. The smallest absolute Gasteiger partial charge is 0.227 e. The van der Waals surface area contributed by atoms with Crippen LogP contribution >= 0.6 is 0 Å². The summed E-state index contributed by atoms with van der Waals surface area (Å²) in [5.74, 6) is 1.72. The molecule has 3 heterocycles. The lowest BCUT2D eigenvalue weighted by Crippen LogP contribution is -2.26. The minimum atomic E-state index is 0.677. The number of anilines is 2. The molecule has 0 aliphatic carbocycles. The highest BCUT2D eigenvalue weighted by molar-refractivity contribution is 5.44. The van der Waals surface area contributed by atoms with Gasteiger partial charge in [-0.25, -0.2) is 4.98 Å². The van der Waals surface area contributed by atoms with E-state index in [1.165, 1.54) is 25.7 Å². The summed E-state index contributed by atoms with van der Waals surface area (Å²) in [7, 11) is 0. The highest BCUT2D eigenvalue weighted by Gasteiger charge is 2.13. The van der Waals surface area contributed by atoms with E-state index in [1.807, 2.05) is 37.4 Å². The van der Waals surface area contributed by atoms with Crippen LogP contribution in [0.4, 0.5) is 11.8 Å². The maximum absolute atomic E-state index is 4.69.